The van der Waals surface area contributed by atoms with Crippen LogP contribution in [0.15, 0.2) is 60.9 Å². The molecule has 2 aromatic carbocycles. The van der Waals surface area contributed by atoms with Crippen LogP contribution in [0.5, 0.6) is 0 Å². The second kappa shape index (κ2) is 12.3. The maximum absolute atomic E-state index is 13.8. The molecule has 222 valence electrons. The lowest BCUT2D eigenvalue weighted by molar-refractivity contribution is -0.133. The van der Waals surface area contributed by atoms with E-state index in [4.69, 9.17) is 0 Å². The monoisotopic (exact) mass is 573 g/mol. The van der Waals surface area contributed by atoms with Crippen LogP contribution in [0.3, 0.4) is 0 Å². The third-order valence-electron chi connectivity index (χ3n) is 9.38. The highest BCUT2D eigenvalue weighted by Gasteiger charge is 2.43. The largest absolute Gasteiger partial charge is 0.340 e. The number of hydrogen-bond donors (Lipinski definition) is 2. The first-order valence-corrected chi connectivity index (χ1v) is 15.1. The average molecular weight is 574 g/mol. The third-order valence-corrected chi connectivity index (χ3v) is 9.38. The van der Waals surface area contributed by atoms with Gasteiger partial charge in [-0.15, -0.1) is 5.10 Å². The summed E-state index contributed by atoms with van der Waals surface area (Å²) in [6.07, 6.45) is 8.96. The van der Waals surface area contributed by atoms with Crippen molar-refractivity contribution in [2.24, 2.45) is 5.41 Å². The topological polar surface area (TPSA) is 95.4 Å². The number of nitrogens with zero attached hydrogens (tertiary/aromatic N) is 5. The summed E-state index contributed by atoms with van der Waals surface area (Å²) in [7, 11) is 2.16. The van der Waals surface area contributed by atoms with Gasteiger partial charge in [0.15, 0.2) is 0 Å². The van der Waals surface area contributed by atoms with Crippen LogP contribution < -0.4 is 10.6 Å². The van der Waals surface area contributed by atoms with Crippen molar-refractivity contribution < 1.29 is 14.0 Å². The van der Waals surface area contributed by atoms with Crippen molar-refractivity contribution in [3.05, 3.63) is 77.9 Å². The highest BCUT2D eigenvalue weighted by atomic mass is 19.1. The summed E-state index contributed by atoms with van der Waals surface area (Å²) in [6, 6.07) is 13.7. The number of piperidine rings is 1. The number of halogens is 1. The Morgan fingerprint density at radius 3 is 2.50 bits per heavy atom. The van der Waals surface area contributed by atoms with Crippen molar-refractivity contribution in [1.82, 2.24) is 35.4 Å². The normalized spacial score (nSPS) is 22.3. The Hall–Kier alpha value is -3.63. The summed E-state index contributed by atoms with van der Waals surface area (Å²) in [5, 5.41) is 14.5. The van der Waals surface area contributed by atoms with Gasteiger partial charge in [0.05, 0.1) is 18.1 Å². The molecule has 0 radical (unpaired) electrons. The fourth-order valence-corrected chi connectivity index (χ4v) is 6.55. The number of aromatic nitrogens is 3. The fourth-order valence-electron chi connectivity index (χ4n) is 6.55. The van der Waals surface area contributed by atoms with Crippen molar-refractivity contribution in [3.63, 3.8) is 0 Å². The minimum atomic E-state index is -0.581. The quantitative estimate of drug-likeness (QED) is 0.361. The Bertz CT molecular complexity index is 1350. The number of carbonyl (C=O) groups excluding carboxylic acids is 2. The van der Waals surface area contributed by atoms with Crippen LogP contribution in [-0.4, -0.2) is 88.5 Å². The lowest BCUT2D eigenvalue weighted by atomic mass is 9.78. The van der Waals surface area contributed by atoms with Gasteiger partial charge in [0, 0.05) is 30.6 Å². The Labute approximate surface area is 246 Å². The highest BCUT2D eigenvalue weighted by molar-refractivity contribution is 5.97. The molecule has 2 amide bonds. The van der Waals surface area contributed by atoms with Crippen LogP contribution in [0, 0.1) is 11.2 Å². The van der Waals surface area contributed by atoms with Gasteiger partial charge < -0.3 is 20.4 Å². The molecule has 2 N–H and O–H groups in total. The van der Waals surface area contributed by atoms with E-state index in [-0.39, 0.29) is 23.0 Å². The summed E-state index contributed by atoms with van der Waals surface area (Å²) in [5.41, 5.74) is 2.67. The van der Waals surface area contributed by atoms with Crippen molar-refractivity contribution in [2.75, 3.05) is 39.8 Å². The number of hydrogen-bond acceptors (Lipinski definition) is 6. The zero-order valence-electron chi connectivity index (χ0n) is 24.2. The van der Waals surface area contributed by atoms with Crippen molar-refractivity contribution in [1.29, 1.82) is 0 Å². The molecule has 1 saturated carbocycles. The number of rotatable bonds is 10. The summed E-state index contributed by atoms with van der Waals surface area (Å²) in [4.78, 5) is 31.5. The summed E-state index contributed by atoms with van der Waals surface area (Å²) in [6.45, 7) is 4.42. The van der Waals surface area contributed by atoms with Crippen LogP contribution in [0.25, 0.3) is 5.69 Å². The number of benzene rings is 2. The standard InChI is InChI=1S/C32H40FN7O2/c1-38-17-12-32(13-18-38)14-19-39(22-32)31(42)28(3-2-15-34-29-21-27(29)23-4-8-25(33)9-5-23)36-30(41)24-6-10-26(11-7-24)40-20-16-35-37-40/h4-11,16,20,27-29,34H,2-3,12-15,17-19,21-22H2,1H3,(H,36,41)/t27-,28-,29+/m0/s1. The van der Waals surface area contributed by atoms with E-state index in [1.54, 1.807) is 29.2 Å². The predicted octanol–water partition coefficient (Wildman–Crippen LogP) is 3.38. The molecule has 3 aliphatic rings. The maximum Gasteiger partial charge on any atom is 0.251 e. The molecule has 9 nitrogen and oxygen atoms in total. The van der Waals surface area contributed by atoms with Crippen LogP contribution in [0.4, 0.5) is 4.39 Å². The first-order chi connectivity index (χ1) is 20.4. The van der Waals surface area contributed by atoms with Gasteiger partial charge in [-0.05, 0) is 113 Å². The Morgan fingerprint density at radius 1 is 1.05 bits per heavy atom. The molecule has 3 heterocycles. The summed E-state index contributed by atoms with van der Waals surface area (Å²) >= 11 is 0. The third kappa shape index (κ3) is 6.55. The van der Waals surface area contributed by atoms with E-state index >= 15 is 0 Å². The van der Waals surface area contributed by atoms with Crippen molar-refractivity contribution in [3.8, 4) is 5.69 Å². The molecule has 3 fully saturated rings. The zero-order chi connectivity index (χ0) is 29.1. The van der Waals surface area contributed by atoms with Crippen LogP contribution in [0.1, 0.15) is 60.4 Å². The van der Waals surface area contributed by atoms with Gasteiger partial charge in [-0.25, -0.2) is 9.07 Å². The number of nitrogens with one attached hydrogen (secondary N) is 2. The fraction of sp³-hybridized carbons (Fsp3) is 0.500. The van der Waals surface area contributed by atoms with E-state index < -0.39 is 6.04 Å². The number of amides is 2. The Morgan fingerprint density at radius 2 is 1.79 bits per heavy atom. The van der Waals surface area contributed by atoms with Gasteiger partial charge in [0.2, 0.25) is 5.91 Å². The van der Waals surface area contributed by atoms with E-state index in [2.05, 4.69) is 32.9 Å². The lowest BCUT2D eigenvalue weighted by Gasteiger charge is -2.37. The highest BCUT2D eigenvalue weighted by Crippen LogP contribution is 2.41. The van der Waals surface area contributed by atoms with Crippen LogP contribution in [0.2, 0.25) is 0 Å². The van der Waals surface area contributed by atoms with Crippen LogP contribution in [-0.2, 0) is 4.79 Å². The number of carbonyl (C=O) groups is 2. The maximum atomic E-state index is 13.8. The first kappa shape index (κ1) is 28.5. The molecule has 1 aliphatic carbocycles. The summed E-state index contributed by atoms with van der Waals surface area (Å²) < 4.78 is 14.9. The molecule has 3 aromatic rings. The van der Waals surface area contributed by atoms with E-state index in [9.17, 15) is 14.0 Å². The first-order valence-electron chi connectivity index (χ1n) is 15.1. The number of likely N-dealkylation sites (tertiary alicyclic amines) is 2. The molecular formula is C32H40FN7O2. The van der Waals surface area contributed by atoms with E-state index in [1.807, 2.05) is 29.2 Å². The molecule has 2 saturated heterocycles. The minimum absolute atomic E-state index is 0.0222. The molecule has 0 bridgehead atoms. The average Bonchev–Trinajstić information content (AvgIpc) is 3.37. The minimum Gasteiger partial charge on any atom is -0.340 e. The molecular weight excluding hydrogens is 533 g/mol. The van der Waals surface area contributed by atoms with Gasteiger partial charge >= 0.3 is 0 Å². The molecule has 1 aromatic heterocycles. The van der Waals surface area contributed by atoms with Crippen molar-refractivity contribution >= 4 is 11.8 Å². The molecule has 0 unspecified atom stereocenters. The molecule has 10 heteroatoms. The van der Waals surface area contributed by atoms with E-state index in [0.717, 1.165) is 76.1 Å². The smallest absolute Gasteiger partial charge is 0.251 e. The SMILES string of the molecule is CN1CCC2(CC1)CCN(C(=O)[C@H](CCCN[C@@H]1C[C@H]1c1ccc(F)cc1)NC(=O)c1ccc(-n3ccnn3)cc1)C2. The zero-order valence-corrected chi connectivity index (χ0v) is 24.2. The molecule has 3 atom stereocenters. The molecule has 2 aliphatic heterocycles. The van der Waals surface area contributed by atoms with Gasteiger partial charge in [0.25, 0.3) is 5.91 Å². The van der Waals surface area contributed by atoms with E-state index in [1.165, 1.54) is 12.1 Å². The van der Waals surface area contributed by atoms with E-state index in [0.29, 0.717) is 23.9 Å². The molecule has 1 spiro atoms. The van der Waals surface area contributed by atoms with Gasteiger partial charge in [-0.2, -0.15) is 0 Å². The van der Waals surface area contributed by atoms with Crippen molar-refractivity contribution in [2.45, 2.75) is 56.5 Å². The van der Waals surface area contributed by atoms with Gasteiger partial charge in [-0.3, -0.25) is 9.59 Å². The second-order valence-corrected chi connectivity index (χ2v) is 12.3. The van der Waals surface area contributed by atoms with Gasteiger partial charge in [-0.1, -0.05) is 17.3 Å². The van der Waals surface area contributed by atoms with Gasteiger partial charge in [0.1, 0.15) is 11.9 Å². The molecule has 42 heavy (non-hydrogen) atoms. The lowest BCUT2D eigenvalue weighted by Crippen LogP contribution is -2.49. The predicted molar refractivity (Wildman–Crippen MR) is 158 cm³/mol. The Kier molecular flexibility index (Phi) is 8.35. The molecule has 6 rings (SSSR count). The second-order valence-electron chi connectivity index (χ2n) is 12.3. The Balaban J connectivity index is 1.07. The van der Waals surface area contributed by atoms with Crippen LogP contribution >= 0.6 is 0 Å². The summed E-state index contributed by atoms with van der Waals surface area (Å²) in [5.74, 6) is -0.0432.